The summed E-state index contributed by atoms with van der Waals surface area (Å²) in [5.41, 5.74) is -1.16. The van der Waals surface area contributed by atoms with Crippen LogP contribution < -0.4 is 14.9 Å². The van der Waals surface area contributed by atoms with E-state index in [1.54, 1.807) is 18.2 Å². The fourth-order valence-corrected chi connectivity index (χ4v) is 3.36. The van der Waals surface area contributed by atoms with Crippen LogP contribution >= 0.6 is 23.2 Å². The summed E-state index contributed by atoms with van der Waals surface area (Å²) in [4.78, 5) is 12.8. The Hall–Kier alpha value is -2.62. The fourth-order valence-electron chi connectivity index (χ4n) is 3.02. The number of hydrogen-bond donors (Lipinski definition) is 2. The molecule has 2 aromatic carbocycles. The molecule has 166 valence electrons. The molecule has 1 unspecified atom stereocenters. The van der Waals surface area contributed by atoms with Crippen LogP contribution in [0.4, 0.5) is 13.2 Å². The van der Waals surface area contributed by atoms with Crippen LogP contribution in [-0.4, -0.2) is 35.0 Å². The van der Waals surface area contributed by atoms with Gasteiger partial charge in [0.15, 0.2) is 0 Å². The molecule has 0 saturated carbocycles. The SMILES string of the molecule is C=C1CC(O)(C(F)(F)F)N(C(=O)c2ccc(OC)c(COc3cccc(Cl)c3Cl)c2)N1. The van der Waals surface area contributed by atoms with Gasteiger partial charge < -0.3 is 14.6 Å². The van der Waals surface area contributed by atoms with Gasteiger partial charge in [0.05, 0.1) is 12.1 Å². The molecule has 1 heterocycles. The van der Waals surface area contributed by atoms with Crippen molar-refractivity contribution in [2.45, 2.75) is 24.9 Å². The summed E-state index contributed by atoms with van der Waals surface area (Å²) >= 11 is 12.0. The first-order valence-electron chi connectivity index (χ1n) is 8.79. The molecular formula is C20H17Cl2F3N2O4. The molecule has 1 aliphatic rings. The van der Waals surface area contributed by atoms with Crippen molar-refractivity contribution in [3.8, 4) is 11.5 Å². The molecule has 0 spiro atoms. The van der Waals surface area contributed by atoms with Gasteiger partial charge in [0.1, 0.15) is 23.1 Å². The summed E-state index contributed by atoms with van der Waals surface area (Å²) in [6.45, 7) is 3.27. The zero-order valence-electron chi connectivity index (χ0n) is 16.1. The Morgan fingerprint density at radius 1 is 1.29 bits per heavy atom. The van der Waals surface area contributed by atoms with E-state index in [1.807, 2.05) is 0 Å². The zero-order chi connectivity index (χ0) is 23.0. The van der Waals surface area contributed by atoms with Gasteiger partial charge in [-0.25, -0.2) is 5.01 Å². The van der Waals surface area contributed by atoms with Crippen molar-refractivity contribution in [3.63, 3.8) is 0 Å². The molecule has 1 amide bonds. The van der Waals surface area contributed by atoms with Crippen molar-refractivity contribution in [1.29, 1.82) is 0 Å². The van der Waals surface area contributed by atoms with Crippen LogP contribution in [0, 0.1) is 0 Å². The van der Waals surface area contributed by atoms with E-state index in [0.29, 0.717) is 11.3 Å². The molecule has 0 aliphatic carbocycles. The lowest BCUT2D eigenvalue weighted by atomic mass is 10.1. The van der Waals surface area contributed by atoms with Gasteiger partial charge in [0.2, 0.25) is 0 Å². The molecule has 2 aromatic rings. The van der Waals surface area contributed by atoms with Crippen molar-refractivity contribution >= 4 is 29.1 Å². The highest BCUT2D eigenvalue weighted by atomic mass is 35.5. The van der Waals surface area contributed by atoms with Crippen LogP contribution in [-0.2, 0) is 6.61 Å². The predicted octanol–water partition coefficient (Wildman–Crippen LogP) is 4.70. The number of carbonyl (C=O) groups is 1. The Morgan fingerprint density at radius 2 is 2.00 bits per heavy atom. The summed E-state index contributed by atoms with van der Waals surface area (Å²) < 4.78 is 51.2. The minimum absolute atomic E-state index is 0.117. The Balaban J connectivity index is 1.90. The Labute approximate surface area is 185 Å². The Bertz CT molecular complexity index is 1030. The van der Waals surface area contributed by atoms with Crippen molar-refractivity contribution in [1.82, 2.24) is 10.4 Å². The van der Waals surface area contributed by atoms with Crippen molar-refractivity contribution in [2.24, 2.45) is 0 Å². The summed E-state index contributed by atoms with van der Waals surface area (Å²) in [5, 5.41) is 10.7. The molecule has 6 nitrogen and oxygen atoms in total. The minimum Gasteiger partial charge on any atom is -0.496 e. The predicted molar refractivity (Wildman–Crippen MR) is 108 cm³/mol. The number of rotatable bonds is 5. The second-order valence-corrected chi connectivity index (χ2v) is 7.50. The van der Waals surface area contributed by atoms with Crippen molar-refractivity contribution in [2.75, 3.05) is 7.11 Å². The summed E-state index contributed by atoms with van der Waals surface area (Å²) in [6, 6.07) is 8.78. The van der Waals surface area contributed by atoms with Crippen LogP contribution in [0.5, 0.6) is 11.5 Å². The molecule has 3 rings (SSSR count). The quantitative estimate of drug-likeness (QED) is 0.654. The number of nitrogens with zero attached hydrogens (tertiary/aromatic N) is 1. The second-order valence-electron chi connectivity index (χ2n) is 6.71. The van der Waals surface area contributed by atoms with E-state index < -0.39 is 24.2 Å². The molecule has 1 saturated heterocycles. The first-order valence-corrected chi connectivity index (χ1v) is 9.55. The maximum Gasteiger partial charge on any atom is 0.438 e. The van der Waals surface area contributed by atoms with Gasteiger partial charge in [0, 0.05) is 23.2 Å². The maximum absolute atomic E-state index is 13.4. The first-order chi connectivity index (χ1) is 14.5. The number of halogens is 5. The molecule has 0 aromatic heterocycles. The number of hydrazine groups is 1. The van der Waals surface area contributed by atoms with E-state index in [-0.39, 0.29) is 38.7 Å². The highest BCUT2D eigenvalue weighted by Gasteiger charge is 2.63. The van der Waals surface area contributed by atoms with Crippen LogP contribution in [0.1, 0.15) is 22.3 Å². The number of ether oxygens (including phenoxy) is 2. The van der Waals surface area contributed by atoms with E-state index in [1.165, 1.54) is 25.3 Å². The van der Waals surface area contributed by atoms with Gasteiger partial charge >= 0.3 is 6.18 Å². The van der Waals surface area contributed by atoms with E-state index in [2.05, 4.69) is 12.0 Å². The second kappa shape index (κ2) is 8.49. The third-order valence-electron chi connectivity index (χ3n) is 4.58. The van der Waals surface area contributed by atoms with Crippen LogP contribution in [0.2, 0.25) is 10.0 Å². The van der Waals surface area contributed by atoms with E-state index in [0.717, 1.165) is 0 Å². The fraction of sp³-hybridized carbons (Fsp3) is 0.250. The molecule has 11 heteroatoms. The number of methoxy groups -OCH3 is 1. The highest BCUT2D eigenvalue weighted by molar-refractivity contribution is 6.42. The van der Waals surface area contributed by atoms with Gasteiger partial charge in [-0.2, -0.15) is 13.2 Å². The lowest BCUT2D eigenvalue weighted by molar-refractivity contribution is -0.299. The third kappa shape index (κ3) is 4.39. The largest absolute Gasteiger partial charge is 0.496 e. The van der Waals surface area contributed by atoms with Crippen LogP contribution in [0.25, 0.3) is 0 Å². The average molecular weight is 477 g/mol. The third-order valence-corrected chi connectivity index (χ3v) is 5.39. The molecule has 0 bridgehead atoms. The number of carbonyl (C=O) groups excluding carboxylic acids is 1. The first kappa shape index (κ1) is 23.1. The summed E-state index contributed by atoms with van der Waals surface area (Å²) in [7, 11) is 1.39. The lowest BCUT2D eigenvalue weighted by Crippen LogP contribution is -2.59. The monoisotopic (exact) mass is 476 g/mol. The molecule has 31 heavy (non-hydrogen) atoms. The van der Waals surface area contributed by atoms with Crippen molar-refractivity contribution in [3.05, 3.63) is 69.8 Å². The molecular weight excluding hydrogens is 460 g/mol. The number of nitrogens with one attached hydrogen (secondary N) is 1. The van der Waals surface area contributed by atoms with Gasteiger partial charge in [-0.1, -0.05) is 35.8 Å². The molecule has 1 atom stereocenters. The molecule has 0 radical (unpaired) electrons. The molecule has 2 N–H and O–H groups in total. The van der Waals surface area contributed by atoms with Crippen molar-refractivity contribution < 1.29 is 32.5 Å². The van der Waals surface area contributed by atoms with E-state index >= 15 is 0 Å². The van der Waals surface area contributed by atoms with E-state index in [4.69, 9.17) is 32.7 Å². The summed E-state index contributed by atoms with van der Waals surface area (Å²) in [6.07, 6.45) is -5.99. The lowest BCUT2D eigenvalue weighted by Gasteiger charge is -2.33. The van der Waals surface area contributed by atoms with Gasteiger partial charge in [0.25, 0.3) is 11.6 Å². The average Bonchev–Trinajstić information content (AvgIpc) is 3.03. The Kier molecular flexibility index (Phi) is 6.31. The number of aliphatic hydroxyl groups is 1. The number of alkyl halides is 3. The minimum atomic E-state index is -5.10. The normalized spacial score (nSPS) is 18.7. The zero-order valence-corrected chi connectivity index (χ0v) is 17.6. The van der Waals surface area contributed by atoms with Crippen LogP contribution in [0.15, 0.2) is 48.7 Å². The topological polar surface area (TPSA) is 71.0 Å². The van der Waals surface area contributed by atoms with E-state index in [9.17, 15) is 23.1 Å². The number of amides is 1. The smallest absolute Gasteiger partial charge is 0.438 e. The van der Waals surface area contributed by atoms with Gasteiger partial charge in [-0.15, -0.1) is 0 Å². The number of benzene rings is 2. The summed E-state index contributed by atoms with van der Waals surface area (Å²) in [5.74, 6) is -0.500. The highest BCUT2D eigenvalue weighted by Crippen LogP contribution is 2.41. The van der Waals surface area contributed by atoms with Gasteiger partial charge in [-0.05, 0) is 30.3 Å². The Morgan fingerprint density at radius 3 is 2.65 bits per heavy atom. The number of hydrogen-bond acceptors (Lipinski definition) is 5. The standard InChI is InChI=1S/C20H17Cl2F3N2O4/c1-11-9-19(29,20(23,24)25)27(26-11)18(28)12-6-7-15(30-2)13(8-12)10-31-16-5-3-4-14(21)17(16)22/h3-8,26,29H,1,9-10H2,2H3. The molecule has 1 aliphatic heterocycles. The maximum atomic E-state index is 13.4. The van der Waals surface area contributed by atoms with Crippen LogP contribution in [0.3, 0.4) is 0 Å². The molecule has 1 fully saturated rings. The van der Waals surface area contributed by atoms with Gasteiger partial charge in [-0.3, -0.25) is 10.2 Å².